The SMILES string of the molecule is COc1ccc(C(=O)NCc2ccccc2COC(C)C)cc1S(=O)(=O)NC1CCCCC1C. The highest BCUT2D eigenvalue weighted by atomic mass is 32.2. The highest BCUT2D eigenvalue weighted by Gasteiger charge is 2.29. The van der Waals surface area contributed by atoms with E-state index in [9.17, 15) is 13.2 Å². The van der Waals surface area contributed by atoms with Gasteiger partial charge in [-0.05, 0) is 61.9 Å². The molecule has 0 saturated heterocycles. The van der Waals surface area contributed by atoms with Crippen LogP contribution in [0.5, 0.6) is 5.75 Å². The molecule has 186 valence electrons. The Labute approximate surface area is 203 Å². The average molecular weight is 489 g/mol. The van der Waals surface area contributed by atoms with Gasteiger partial charge < -0.3 is 14.8 Å². The molecule has 2 atom stereocenters. The van der Waals surface area contributed by atoms with E-state index in [-0.39, 0.29) is 40.2 Å². The third kappa shape index (κ3) is 6.81. The maximum absolute atomic E-state index is 13.2. The van der Waals surface area contributed by atoms with Gasteiger partial charge in [-0.1, -0.05) is 44.0 Å². The maximum atomic E-state index is 13.2. The number of amides is 1. The third-order valence-electron chi connectivity index (χ3n) is 6.26. The molecule has 8 heteroatoms. The van der Waals surface area contributed by atoms with Crippen LogP contribution in [-0.4, -0.2) is 33.6 Å². The van der Waals surface area contributed by atoms with E-state index >= 15 is 0 Å². The fourth-order valence-corrected chi connectivity index (χ4v) is 5.76. The Morgan fingerprint density at radius 2 is 1.79 bits per heavy atom. The normalized spacial score (nSPS) is 18.6. The topological polar surface area (TPSA) is 93.7 Å². The maximum Gasteiger partial charge on any atom is 0.251 e. The Hall–Kier alpha value is -2.42. The lowest BCUT2D eigenvalue weighted by Gasteiger charge is -2.29. The largest absolute Gasteiger partial charge is 0.495 e. The Morgan fingerprint density at radius 1 is 1.09 bits per heavy atom. The molecule has 0 heterocycles. The number of methoxy groups -OCH3 is 1. The molecule has 0 spiro atoms. The molecule has 0 aliphatic heterocycles. The van der Waals surface area contributed by atoms with Crippen LogP contribution in [0.1, 0.15) is 67.9 Å². The summed E-state index contributed by atoms with van der Waals surface area (Å²) in [6.07, 6.45) is 4.03. The minimum Gasteiger partial charge on any atom is -0.495 e. The molecule has 3 rings (SSSR count). The van der Waals surface area contributed by atoms with Crippen molar-refractivity contribution in [2.24, 2.45) is 5.92 Å². The van der Waals surface area contributed by atoms with Crippen molar-refractivity contribution in [3.05, 3.63) is 59.2 Å². The van der Waals surface area contributed by atoms with Gasteiger partial charge in [0, 0.05) is 18.2 Å². The molecule has 7 nitrogen and oxygen atoms in total. The van der Waals surface area contributed by atoms with Crippen molar-refractivity contribution in [1.82, 2.24) is 10.0 Å². The molecule has 1 fully saturated rings. The van der Waals surface area contributed by atoms with Crippen molar-refractivity contribution in [2.45, 2.75) is 76.6 Å². The van der Waals surface area contributed by atoms with Crippen LogP contribution in [0.4, 0.5) is 0 Å². The van der Waals surface area contributed by atoms with Crippen LogP contribution < -0.4 is 14.8 Å². The summed E-state index contributed by atoms with van der Waals surface area (Å²) in [5.41, 5.74) is 2.21. The number of carbonyl (C=O) groups excluding carboxylic acids is 1. The zero-order valence-corrected chi connectivity index (χ0v) is 21.3. The van der Waals surface area contributed by atoms with Gasteiger partial charge in [-0.3, -0.25) is 4.79 Å². The van der Waals surface area contributed by atoms with Crippen LogP contribution >= 0.6 is 0 Å². The van der Waals surface area contributed by atoms with Gasteiger partial charge in [-0.15, -0.1) is 0 Å². The molecule has 1 aliphatic rings. The molecule has 0 aromatic heterocycles. The summed E-state index contributed by atoms with van der Waals surface area (Å²) in [4.78, 5) is 12.9. The Kier molecular flexibility index (Phi) is 9.10. The first-order valence-corrected chi connectivity index (χ1v) is 13.4. The van der Waals surface area contributed by atoms with E-state index < -0.39 is 10.0 Å². The summed E-state index contributed by atoms with van der Waals surface area (Å²) >= 11 is 0. The van der Waals surface area contributed by atoms with Gasteiger partial charge in [0.1, 0.15) is 10.6 Å². The van der Waals surface area contributed by atoms with Crippen LogP contribution in [0.25, 0.3) is 0 Å². The molecule has 1 saturated carbocycles. The van der Waals surface area contributed by atoms with Crippen molar-refractivity contribution in [2.75, 3.05) is 7.11 Å². The first-order chi connectivity index (χ1) is 16.2. The predicted molar refractivity (Wildman–Crippen MR) is 132 cm³/mol. The van der Waals surface area contributed by atoms with Gasteiger partial charge in [0.2, 0.25) is 10.0 Å². The van der Waals surface area contributed by atoms with Gasteiger partial charge >= 0.3 is 0 Å². The summed E-state index contributed by atoms with van der Waals surface area (Å²) in [5.74, 6) is 0.120. The Balaban J connectivity index is 1.76. The molecular formula is C26H36N2O5S. The fourth-order valence-electron chi connectivity index (χ4n) is 4.19. The van der Waals surface area contributed by atoms with E-state index in [2.05, 4.69) is 17.0 Å². The van der Waals surface area contributed by atoms with Gasteiger partial charge in [0.25, 0.3) is 5.91 Å². The predicted octanol–water partition coefficient (Wildman–Crippen LogP) is 4.41. The molecule has 0 bridgehead atoms. The van der Waals surface area contributed by atoms with Crippen LogP contribution in [-0.2, 0) is 27.9 Å². The van der Waals surface area contributed by atoms with Gasteiger partial charge in [-0.25, -0.2) is 13.1 Å². The van der Waals surface area contributed by atoms with E-state index in [4.69, 9.17) is 9.47 Å². The van der Waals surface area contributed by atoms with Crippen molar-refractivity contribution >= 4 is 15.9 Å². The molecule has 0 radical (unpaired) electrons. The van der Waals surface area contributed by atoms with Gasteiger partial charge in [-0.2, -0.15) is 0 Å². The monoisotopic (exact) mass is 488 g/mol. The van der Waals surface area contributed by atoms with Gasteiger partial charge in [0.15, 0.2) is 0 Å². The number of sulfonamides is 1. The van der Waals surface area contributed by atoms with Crippen molar-refractivity contribution in [1.29, 1.82) is 0 Å². The van der Waals surface area contributed by atoms with E-state index in [1.54, 1.807) is 6.07 Å². The third-order valence-corrected chi connectivity index (χ3v) is 7.77. The summed E-state index contributed by atoms with van der Waals surface area (Å²) in [7, 11) is -2.43. The number of ether oxygens (including phenoxy) is 2. The molecule has 1 aliphatic carbocycles. The number of nitrogens with one attached hydrogen (secondary N) is 2. The fraction of sp³-hybridized carbons (Fsp3) is 0.500. The lowest BCUT2D eigenvalue weighted by atomic mass is 9.87. The molecule has 1 amide bonds. The highest BCUT2D eigenvalue weighted by molar-refractivity contribution is 7.89. The lowest BCUT2D eigenvalue weighted by Crippen LogP contribution is -2.41. The summed E-state index contributed by atoms with van der Waals surface area (Å²) in [6.45, 7) is 6.78. The second-order valence-electron chi connectivity index (χ2n) is 9.17. The van der Waals surface area contributed by atoms with E-state index in [1.807, 2.05) is 38.1 Å². The van der Waals surface area contributed by atoms with Crippen LogP contribution in [0.15, 0.2) is 47.4 Å². The zero-order valence-electron chi connectivity index (χ0n) is 20.5. The summed E-state index contributed by atoms with van der Waals surface area (Å²) in [5, 5.41) is 2.90. The average Bonchev–Trinajstić information content (AvgIpc) is 2.82. The summed E-state index contributed by atoms with van der Waals surface area (Å²) < 4.78 is 40.3. The van der Waals surface area contributed by atoms with Crippen LogP contribution in [0.2, 0.25) is 0 Å². The number of carbonyl (C=O) groups is 1. The molecular weight excluding hydrogens is 452 g/mol. The van der Waals surface area contributed by atoms with Crippen LogP contribution in [0, 0.1) is 5.92 Å². The first-order valence-electron chi connectivity index (χ1n) is 11.9. The number of hydrogen-bond acceptors (Lipinski definition) is 5. The second kappa shape index (κ2) is 11.8. The van der Waals surface area contributed by atoms with Crippen molar-refractivity contribution in [3.8, 4) is 5.75 Å². The quantitative estimate of drug-likeness (QED) is 0.517. The Bertz CT molecular complexity index is 1080. The first kappa shape index (κ1) is 26.2. The smallest absolute Gasteiger partial charge is 0.251 e. The number of rotatable bonds is 10. The molecule has 2 unspecified atom stereocenters. The highest BCUT2D eigenvalue weighted by Crippen LogP contribution is 2.29. The van der Waals surface area contributed by atoms with E-state index in [1.165, 1.54) is 19.2 Å². The van der Waals surface area contributed by atoms with Gasteiger partial charge in [0.05, 0.1) is 19.8 Å². The minimum absolute atomic E-state index is 0.0221. The van der Waals surface area contributed by atoms with E-state index in [0.29, 0.717) is 13.2 Å². The van der Waals surface area contributed by atoms with Crippen molar-refractivity contribution < 1.29 is 22.7 Å². The number of hydrogen-bond donors (Lipinski definition) is 2. The second-order valence-corrected chi connectivity index (χ2v) is 10.8. The summed E-state index contributed by atoms with van der Waals surface area (Å²) in [6, 6.07) is 12.1. The minimum atomic E-state index is -3.85. The molecule has 2 N–H and O–H groups in total. The number of benzene rings is 2. The lowest BCUT2D eigenvalue weighted by molar-refractivity contribution is 0.0651. The molecule has 2 aromatic rings. The van der Waals surface area contributed by atoms with Crippen molar-refractivity contribution in [3.63, 3.8) is 0 Å². The zero-order chi connectivity index (χ0) is 24.7. The van der Waals surface area contributed by atoms with Crippen LogP contribution in [0.3, 0.4) is 0 Å². The Morgan fingerprint density at radius 3 is 2.47 bits per heavy atom. The van der Waals surface area contributed by atoms with E-state index in [0.717, 1.165) is 36.8 Å². The standard InChI is InChI=1S/C26H36N2O5S/c1-18(2)33-17-22-11-7-6-10-21(22)16-27-26(29)20-13-14-24(32-4)25(15-20)34(30,31)28-23-12-8-5-9-19(23)3/h6-7,10-11,13-15,18-19,23,28H,5,8-9,12,16-17H2,1-4H3,(H,27,29). The molecule has 2 aromatic carbocycles. The molecule has 34 heavy (non-hydrogen) atoms.